The Morgan fingerprint density at radius 2 is 1.65 bits per heavy atom. The van der Waals surface area contributed by atoms with Crippen molar-refractivity contribution < 1.29 is 23.8 Å². The van der Waals surface area contributed by atoms with Crippen molar-refractivity contribution in [3.63, 3.8) is 0 Å². The molecule has 0 fully saturated rings. The smallest absolute Gasteiger partial charge is 0.363 e. The molecule has 0 amide bonds. The third-order valence-electron chi connectivity index (χ3n) is 4.44. The van der Waals surface area contributed by atoms with Gasteiger partial charge >= 0.3 is 11.9 Å². The Labute approximate surface area is 183 Å². The van der Waals surface area contributed by atoms with Gasteiger partial charge in [0, 0.05) is 0 Å². The van der Waals surface area contributed by atoms with Crippen LogP contribution in [0, 0.1) is 0 Å². The number of hydrogen-bond donors (Lipinski definition) is 0. The fourth-order valence-electron chi connectivity index (χ4n) is 2.84. The molecule has 0 atom stereocenters. The van der Waals surface area contributed by atoms with E-state index >= 15 is 0 Å². The van der Waals surface area contributed by atoms with E-state index in [1.807, 2.05) is 0 Å². The summed E-state index contributed by atoms with van der Waals surface area (Å²) in [5.74, 6) is 0.135. The summed E-state index contributed by atoms with van der Waals surface area (Å²) in [4.78, 5) is 28.7. The van der Waals surface area contributed by atoms with Crippen LogP contribution in [0.5, 0.6) is 11.5 Å². The molecule has 1 heterocycles. The third kappa shape index (κ3) is 4.65. The van der Waals surface area contributed by atoms with Crippen molar-refractivity contribution in [3.05, 3.63) is 100 Å². The first-order chi connectivity index (χ1) is 15.0. The predicted molar refractivity (Wildman–Crippen MR) is 116 cm³/mol. The second kappa shape index (κ2) is 8.85. The summed E-state index contributed by atoms with van der Waals surface area (Å²) in [7, 11) is 1.55. The molecule has 0 radical (unpaired) electrons. The zero-order valence-electron chi connectivity index (χ0n) is 16.4. The van der Waals surface area contributed by atoms with E-state index < -0.39 is 11.9 Å². The van der Waals surface area contributed by atoms with Gasteiger partial charge in [-0.15, -0.1) is 0 Å². The fourth-order valence-corrected chi connectivity index (χ4v) is 3.06. The number of nitrogens with zero attached hydrogens (tertiary/aromatic N) is 1. The number of ether oxygens (including phenoxy) is 3. The Kier molecular flexibility index (Phi) is 5.82. The van der Waals surface area contributed by atoms with Crippen molar-refractivity contribution in [3.8, 4) is 11.5 Å². The lowest BCUT2D eigenvalue weighted by Gasteiger charge is -2.05. The largest absolute Gasteiger partial charge is 0.497 e. The second-order valence-electron chi connectivity index (χ2n) is 6.50. The van der Waals surface area contributed by atoms with Crippen LogP contribution in [0.3, 0.4) is 0 Å². The summed E-state index contributed by atoms with van der Waals surface area (Å²) in [5, 5.41) is 0.443. The molecule has 0 saturated carbocycles. The van der Waals surface area contributed by atoms with Crippen LogP contribution >= 0.6 is 11.6 Å². The first-order valence-corrected chi connectivity index (χ1v) is 9.65. The fraction of sp³-hybridized carbons (Fsp3) is 0.0417. The van der Waals surface area contributed by atoms with Gasteiger partial charge in [-0.3, -0.25) is 0 Å². The minimum Gasteiger partial charge on any atom is -0.497 e. The highest BCUT2D eigenvalue weighted by atomic mass is 35.5. The minimum absolute atomic E-state index is 0.151. The highest BCUT2D eigenvalue weighted by Gasteiger charge is 2.25. The average Bonchev–Trinajstić information content (AvgIpc) is 3.15. The lowest BCUT2D eigenvalue weighted by molar-refractivity contribution is -0.129. The summed E-state index contributed by atoms with van der Waals surface area (Å²) in [5.41, 5.74) is 1.79. The Balaban J connectivity index is 1.47. The molecule has 1 aliphatic heterocycles. The van der Waals surface area contributed by atoms with E-state index in [2.05, 4.69) is 4.99 Å². The normalized spacial score (nSPS) is 14.2. The van der Waals surface area contributed by atoms with Gasteiger partial charge in [0.05, 0.1) is 23.3 Å². The van der Waals surface area contributed by atoms with Crippen molar-refractivity contribution in [1.29, 1.82) is 0 Å². The topological polar surface area (TPSA) is 74.2 Å². The van der Waals surface area contributed by atoms with E-state index in [0.717, 1.165) is 0 Å². The lowest BCUT2D eigenvalue weighted by atomic mass is 10.2. The molecule has 4 rings (SSSR count). The van der Waals surface area contributed by atoms with Crippen molar-refractivity contribution in [2.45, 2.75) is 0 Å². The van der Waals surface area contributed by atoms with Gasteiger partial charge in [0.15, 0.2) is 5.70 Å². The molecule has 3 aromatic rings. The Morgan fingerprint density at radius 1 is 0.968 bits per heavy atom. The van der Waals surface area contributed by atoms with Crippen LogP contribution in [0.15, 0.2) is 83.5 Å². The number of aliphatic imine (C=N–C) groups is 1. The number of hydrogen-bond acceptors (Lipinski definition) is 6. The molecule has 7 heteroatoms. The summed E-state index contributed by atoms with van der Waals surface area (Å²) in [6.45, 7) is 0. The zero-order valence-corrected chi connectivity index (χ0v) is 17.1. The molecular weight excluding hydrogens is 418 g/mol. The molecule has 6 nitrogen and oxygen atoms in total. The van der Waals surface area contributed by atoms with E-state index in [4.69, 9.17) is 25.8 Å². The number of carbonyl (C=O) groups is 2. The quantitative estimate of drug-likeness (QED) is 0.324. The van der Waals surface area contributed by atoms with Gasteiger partial charge < -0.3 is 14.2 Å². The molecule has 1 aliphatic rings. The SMILES string of the molecule is COc1ccc(C(=O)Oc2ccc(/C=C3/N=C(c4ccccc4Cl)OC3=O)cc2)cc1. The maximum Gasteiger partial charge on any atom is 0.363 e. The zero-order chi connectivity index (χ0) is 21.8. The number of halogens is 1. The molecule has 31 heavy (non-hydrogen) atoms. The van der Waals surface area contributed by atoms with Crippen LogP contribution in [0.4, 0.5) is 0 Å². The maximum atomic E-state index is 12.3. The monoisotopic (exact) mass is 433 g/mol. The molecule has 0 bridgehead atoms. The molecule has 154 valence electrons. The number of rotatable bonds is 5. The number of cyclic esters (lactones) is 1. The first-order valence-electron chi connectivity index (χ1n) is 9.27. The van der Waals surface area contributed by atoms with Crippen LogP contribution in [0.2, 0.25) is 5.02 Å². The molecule has 0 N–H and O–H groups in total. The molecular formula is C24H16ClNO5. The van der Waals surface area contributed by atoms with Crippen LogP contribution in [-0.4, -0.2) is 24.9 Å². The molecule has 3 aromatic carbocycles. The second-order valence-corrected chi connectivity index (χ2v) is 6.91. The predicted octanol–water partition coefficient (Wildman–Crippen LogP) is 4.91. The Bertz CT molecular complexity index is 1200. The highest BCUT2D eigenvalue weighted by Crippen LogP contribution is 2.24. The van der Waals surface area contributed by atoms with Crippen molar-refractivity contribution in [2.24, 2.45) is 4.99 Å². The molecule has 0 spiro atoms. The van der Waals surface area contributed by atoms with E-state index in [1.165, 1.54) is 0 Å². The molecule has 0 aromatic heterocycles. The number of carbonyl (C=O) groups excluding carboxylic acids is 2. The summed E-state index contributed by atoms with van der Waals surface area (Å²) < 4.78 is 15.7. The lowest BCUT2D eigenvalue weighted by Crippen LogP contribution is -2.08. The van der Waals surface area contributed by atoms with Gasteiger partial charge in [-0.05, 0) is 60.2 Å². The van der Waals surface area contributed by atoms with Gasteiger partial charge in [-0.1, -0.05) is 35.9 Å². The van der Waals surface area contributed by atoms with E-state index in [0.29, 0.717) is 33.2 Å². The van der Waals surface area contributed by atoms with Crippen LogP contribution in [-0.2, 0) is 9.53 Å². The van der Waals surface area contributed by atoms with Gasteiger partial charge in [-0.25, -0.2) is 14.6 Å². The van der Waals surface area contributed by atoms with E-state index in [9.17, 15) is 9.59 Å². The number of methoxy groups -OCH3 is 1. The maximum absolute atomic E-state index is 12.3. The summed E-state index contributed by atoms with van der Waals surface area (Å²) in [6.07, 6.45) is 1.58. The Hall–Kier alpha value is -3.90. The third-order valence-corrected chi connectivity index (χ3v) is 4.77. The van der Waals surface area contributed by atoms with Crippen molar-refractivity contribution in [1.82, 2.24) is 0 Å². The van der Waals surface area contributed by atoms with Gasteiger partial charge in [0.2, 0.25) is 5.90 Å². The molecule has 0 aliphatic carbocycles. The van der Waals surface area contributed by atoms with Crippen molar-refractivity contribution >= 4 is 35.5 Å². The van der Waals surface area contributed by atoms with Crippen molar-refractivity contribution in [2.75, 3.05) is 7.11 Å². The van der Waals surface area contributed by atoms with E-state index in [-0.39, 0.29) is 11.6 Å². The number of benzene rings is 3. The van der Waals surface area contributed by atoms with E-state index in [1.54, 1.807) is 86.0 Å². The van der Waals surface area contributed by atoms with Crippen LogP contribution in [0.1, 0.15) is 21.5 Å². The molecule has 0 unspecified atom stereocenters. The minimum atomic E-state index is -0.565. The number of esters is 2. The van der Waals surface area contributed by atoms with Gasteiger partial charge in [-0.2, -0.15) is 0 Å². The van der Waals surface area contributed by atoms with Crippen LogP contribution < -0.4 is 9.47 Å². The first kappa shape index (κ1) is 20.4. The highest BCUT2D eigenvalue weighted by molar-refractivity contribution is 6.34. The molecule has 0 saturated heterocycles. The summed E-state index contributed by atoms with van der Waals surface area (Å²) in [6, 6.07) is 20.3. The summed E-state index contributed by atoms with van der Waals surface area (Å²) >= 11 is 6.14. The Morgan fingerprint density at radius 3 is 2.32 bits per heavy atom. The van der Waals surface area contributed by atoms with Gasteiger partial charge in [0.25, 0.3) is 0 Å². The van der Waals surface area contributed by atoms with Crippen LogP contribution in [0.25, 0.3) is 6.08 Å². The van der Waals surface area contributed by atoms with Gasteiger partial charge in [0.1, 0.15) is 11.5 Å². The standard InChI is InChI=1S/C24H16ClNO5/c1-29-17-12-8-16(9-13-17)23(27)30-18-10-6-15(7-11-18)14-21-24(28)31-22(26-21)19-4-2-3-5-20(19)25/h2-14H,1H3/b21-14+. The average molecular weight is 434 g/mol.